The average molecular weight is 1090 g/mol. The van der Waals surface area contributed by atoms with Crippen LogP contribution in [0.4, 0.5) is 52.7 Å². The van der Waals surface area contributed by atoms with Gasteiger partial charge >= 0.3 is 41.7 Å². The lowest BCUT2D eigenvalue weighted by Crippen LogP contribution is -2.49. The molecule has 0 spiro atoms. The Kier molecular flexibility index (Phi) is 16.5. The van der Waals surface area contributed by atoms with Crippen LogP contribution in [0.15, 0.2) is 124 Å². The number of oxime groups is 1. The summed E-state index contributed by atoms with van der Waals surface area (Å²) in [5.41, 5.74) is -8.86. The zero-order chi connectivity index (χ0) is 56.2. The van der Waals surface area contributed by atoms with Crippen LogP contribution in [0.5, 0.6) is 0 Å². The van der Waals surface area contributed by atoms with Gasteiger partial charge in [-0.1, -0.05) is 65.8 Å². The topological polar surface area (TPSA) is 157 Å². The Bertz CT molecular complexity index is 3080. The van der Waals surface area contributed by atoms with Crippen LogP contribution in [0.3, 0.4) is 0 Å². The highest BCUT2D eigenvalue weighted by Crippen LogP contribution is 2.49. The van der Waals surface area contributed by atoms with Gasteiger partial charge in [0, 0.05) is 23.7 Å². The van der Waals surface area contributed by atoms with Crippen LogP contribution < -0.4 is 11.4 Å². The molecule has 2 aromatic heterocycles. The molecule has 0 bridgehead atoms. The van der Waals surface area contributed by atoms with E-state index in [0.717, 1.165) is 11.1 Å². The number of nitrogens with one attached hydrogen (secondary N) is 2. The number of alkyl halides is 12. The lowest BCUT2D eigenvalue weighted by atomic mass is 9.64. The maximum Gasteiger partial charge on any atom is 0.416 e. The van der Waals surface area contributed by atoms with Crippen LogP contribution in [0.1, 0.15) is 122 Å². The lowest BCUT2D eigenvalue weighted by molar-refractivity contribution is -0.145. The zero-order valence-corrected chi connectivity index (χ0v) is 41.0. The van der Waals surface area contributed by atoms with Crippen LogP contribution in [-0.2, 0) is 56.2 Å². The van der Waals surface area contributed by atoms with Crippen molar-refractivity contribution in [1.29, 1.82) is 0 Å². The van der Waals surface area contributed by atoms with Crippen molar-refractivity contribution in [2.75, 3.05) is 13.2 Å². The Balaban J connectivity index is 0.000000224. The predicted octanol–water partition coefficient (Wildman–Crippen LogP) is 12.5. The molecule has 4 aromatic carbocycles. The standard InChI is InChI=1S/C26H26F6N4O3.C26H24F6N4O2/c1-17(18-11-20(25(27,28)29)13-21(12-18)26(30,31)32)39-15-23(19-5-3-2-4-6-19)7-9-24(10-8-23,14-34-38)36-16-33-35-22(36)37;1-17(18-12-20(25(27,28)29)14-21(13-18)26(30,31)32)38-15-23(19-6-4-3-5-7-19)8-10-24(33-2,11-9-23)36-16-34-35-22(36)37/h2-6,11-14,16-17,38H,7-10,15H2,1H3,(H,35,37);3-7,12-14,16-17H,8-11,15H2,1H3,(H,35,37)/b34-14+;/t2*17-,23?,24?/m11/s1. The highest BCUT2D eigenvalue weighted by Gasteiger charge is 2.51. The molecular formula is C52H50F12N8O5. The third-order valence-corrected chi connectivity index (χ3v) is 14.8. The first-order chi connectivity index (χ1) is 36.1. The minimum atomic E-state index is -4.97. The predicted molar refractivity (Wildman–Crippen MR) is 253 cm³/mol. The Morgan fingerprint density at radius 1 is 0.597 bits per heavy atom. The van der Waals surface area contributed by atoms with Crippen molar-refractivity contribution < 1.29 is 67.4 Å². The second kappa shape index (κ2) is 22.0. The van der Waals surface area contributed by atoms with E-state index in [2.05, 4.69) is 30.4 Å². The van der Waals surface area contributed by atoms with Crippen molar-refractivity contribution >= 4 is 6.21 Å². The molecular weight excluding hydrogens is 1040 g/mol. The molecule has 2 saturated carbocycles. The first-order valence-electron chi connectivity index (χ1n) is 23.8. The average Bonchev–Trinajstić information content (AvgIpc) is 4.07. The van der Waals surface area contributed by atoms with Crippen molar-refractivity contribution in [3.8, 4) is 0 Å². The van der Waals surface area contributed by atoms with Gasteiger partial charge in [-0.3, -0.25) is 9.41 Å². The van der Waals surface area contributed by atoms with Gasteiger partial charge in [0.2, 0.25) is 0 Å². The Morgan fingerprint density at radius 2 is 0.948 bits per heavy atom. The van der Waals surface area contributed by atoms with E-state index in [-0.39, 0.29) is 49.3 Å². The second-order valence-electron chi connectivity index (χ2n) is 19.4. The maximum absolute atomic E-state index is 13.4. The summed E-state index contributed by atoms with van der Waals surface area (Å²) in [5.74, 6) is 0. The summed E-state index contributed by atoms with van der Waals surface area (Å²) in [6.45, 7) is 10.6. The molecule has 8 rings (SSSR count). The van der Waals surface area contributed by atoms with Gasteiger partial charge in [-0.05, 0) is 111 Å². The molecule has 6 aromatic rings. The van der Waals surface area contributed by atoms with Crippen LogP contribution >= 0.6 is 0 Å². The van der Waals surface area contributed by atoms with Gasteiger partial charge in [-0.15, -0.1) is 0 Å². The molecule has 3 N–H and O–H groups in total. The Morgan fingerprint density at radius 3 is 1.26 bits per heavy atom. The molecule has 0 unspecified atom stereocenters. The maximum atomic E-state index is 13.4. The number of hydrogen-bond acceptors (Lipinski definition) is 8. The number of halogens is 12. The fourth-order valence-corrected chi connectivity index (χ4v) is 10.2. The molecule has 0 saturated heterocycles. The molecule has 0 aliphatic heterocycles. The van der Waals surface area contributed by atoms with Gasteiger partial charge in [0.15, 0.2) is 0 Å². The molecule has 25 heteroatoms. The largest absolute Gasteiger partial charge is 0.416 e. The number of aromatic nitrogens is 6. The van der Waals surface area contributed by atoms with E-state index in [1.165, 1.54) is 41.9 Å². The summed E-state index contributed by atoms with van der Waals surface area (Å²) in [5, 5.41) is 24.6. The summed E-state index contributed by atoms with van der Waals surface area (Å²) in [7, 11) is 0. The first kappa shape index (κ1) is 57.5. The van der Waals surface area contributed by atoms with Crippen LogP contribution in [-0.4, -0.2) is 54.2 Å². The Hall–Kier alpha value is -7.20. The number of aromatic amines is 2. The first-order valence-corrected chi connectivity index (χ1v) is 23.8. The molecule has 2 atom stereocenters. The molecule has 77 heavy (non-hydrogen) atoms. The SMILES string of the molecule is C[C@@H](OCC1(c2ccccc2)CCC(/C=N/O)(n2cn[nH]c2=O)CC1)c1cc(C(F)(F)F)cc(C(F)(F)F)c1.[C-]#[N+]C1(n2cn[nH]c2=O)CCC(CO[C@H](C)c2cc(C(F)(F)F)cc(C(F)(F)F)c2)(c2ccccc2)CC1. The van der Waals surface area contributed by atoms with Gasteiger partial charge in [0.25, 0.3) is 0 Å². The number of hydrogen-bond donors (Lipinski definition) is 3. The van der Waals surface area contributed by atoms with E-state index in [0.29, 0.717) is 62.8 Å². The number of benzene rings is 4. The third kappa shape index (κ3) is 12.6. The summed E-state index contributed by atoms with van der Waals surface area (Å²) in [6.07, 6.45) is -15.4. The molecule has 2 aliphatic carbocycles. The highest BCUT2D eigenvalue weighted by atomic mass is 19.4. The summed E-state index contributed by atoms with van der Waals surface area (Å²) >= 11 is 0. The van der Waals surface area contributed by atoms with E-state index in [4.69, 9.17) is 16.0 Å². The third-order valence-electron chi connectivity index (χ3n) is 14.8. The van der Waals surface area contributed by atoms with Crippen molar-refractivity contribution in [2.24, 2.45) is 5.16 Å². The molecule has 0 radical (unpaired) electrons. The van der Waals surface area contributed by atoms with Crippen LogP contribution in [0, 0.1) is 6.57 Å². The molecule has 2 fully saturated rings. The normalized spacial score (nSPS) is 23.2. The number of nitrogens with zero attached hydrogens (tertiary/aromatic N) is 6. The van der Waals surface area contributed by atoms with Crippen molar-refractivity contribution in [3.63, 3.8) is 0 Å². The van der Waals surface area contributed by atoms with Gasteiger partial charge in [-0.25, -0.2) is 30.9 Å². The summed E-state index contributed by atoms with van der Waals surface area (Å²) in [4.78, 5) is 28.3. The minimum Gasteiger partial charge on any atom is -0.411 e. The molecule has 2 heterocycles. The smallest absolute Gasteiger partial charge is 0.411 e. The van der Waals surface area contributed by atoms with Crippen LogP contribution in [0.2, 0.25) is 0 Å². The van der Waals surface area contributed by atoms with Crippen molar-refractivity contribution in [2.45, 2.75) is 124 Å². The van der Waals surface area contributed by atoms with Gasteiger partial charge in [-0.2, -0.15) is 62.9 Å². The van der Waals surface area contributed by atoms with E-state index >= 15 is 0 Å². The van der Waals surface area contributed by atoms with E-state index in [1.54, 1.807) is 0 Å². The second-order valence-corrected chi connectivity index (χ2v) is 19.4. The molecule has 412 valence electrons. The van der Waals surface area contributed by atoms with E-state index in [9.17, 15) is 67.5 Å². The lowest BCUT2D eigenvalue weighted by Gasteiger charge is -2.45. The van der Waals surface area contributed by atoms with E-state index in [1.807, 2.05) is 60.7 Å². The highest BCUT2D eigenvalue weighted by molar-refractivity contribution is 5.68. The number of H-pyrrole nitrogens is 2. The summed E-state index contributed by atoms with van der Waals surface area (Å²) < 4.78 is 175. The Labute approximate surface area is 431 Å². The summed E-state index contributed by atoms with van der Waals surface area (Å²) in [6, 6.07) is 21.3. The minimum absolute atomic E-state index is 0.00978. The number of rotatable bonds is 13. The molecule has 2 aliphatic rings. The zero-order valence-electron chi connectivity index (χ0n) is 41.0. The fourth-order valence-electron chi connectivity index (χ4n) is 10.2. The monoisotopic (exact) mass is 1090 g/mol. The van der Waals surface area contributed by atoms with Crippen LogP contribution in [0.25, 0.3) is 4.85 Å². The van der Waals surface area contributed by atoms with E-state index < -0.39 is 92.6 Å². The van der Waals surface area contributed by atoms with Crippen molar-refractivity contribution in [1.82, 2.24) is 29.5 Å². The van der Waals surface area contributed by atoms with Crippen molar-refractivity contribution in [3.05, 3.63) is 187 Å². The molecule has 13 nitrogen and oxygen atoms in total. The number of ether oxygens (including phenoxy) is 2. The van der Waals surface area contributed by atoms with Gasteiger partial charge in [0.05, 0.1) is 59.4 Å². The van der Waals surface area contributed by atoms with Gasteiger partial charge < -0.3 is 14.7 Å². The van der Waals surface area contributed by atoms with Gasteiger partial charge in [0.1, 0.15) is 12.7 Å². The fraction of sp³-hybridized carbons (Fsp3) is 0.423. The molecule has 0 amide bonds. The quantitative estimate of drug-likeness (QED) is 0.0342.